The van der Waals surface area contributed by atoms with E-state index in [4.69, 9.17) is 28.4 Å². The quantitative estimate of drug-likeness (QED) is 0.243. The zero-order chi connectivity index (χ0) is 21.9. The Kier molecular flexibility index (Phi) is 10.3. The first-order valence-corrected chi connectivity index (χ1v) is 9.83. The molecule has 1 atom stereocenters. The number of rotatable bonds is 10. The summed E-state index contributed by atoms with van der Waals surface area (Å²) in [5.41, 5.74) is -2.65. The molecule has 0 bridgehead atoms. The van der Waals surface area contributed by atoms with Crippen LogP contribution in [-0.2, 0) is 38.0 Å². The van der Waals surface area contributed by atoms with E-state index >= 15 is 0 Å². The van der Waals surface area contributed by atoms with E-state index in [1.807, 2.05) is 0 Å². The minimum absolute atomic E-state index is 0.0571. The molecule has 0 radical (unpaired) electrons. The molecule has 0 spiro atoms. The van der Waals surface area contributed by atoms with Crippen molar-refractivity contribution in [3.8, 4) is 0 Å². The van der Waals surface area contributed by atoms with Crippen LogP contribution in [0.4, 0.5) is 4.79 Å². The Morgan fingerprint density at radius 3 is 2.14 bits per heavy atom. The summed E-state index contributed by atoms with van der Waals surface area (Å²) in [6.45, 7) is 9.49. The van der Waals surface area contributed by atoms with Crippen LogP contribution in [0.2, 0.25) is 0 Å². The summed E-state index contributed by atoms with van der Waals surface area (Å²) in [4.78, 5) is 37.2. The molecule has 10 nitrogen and oxygen atoms in total. The van der Waals surface area contributed by atoms with Gasteiger partial charge in [-0.25, -0.2) is 14.4 Å². The number of ether oxygens (including phenoxy) is 6. The Bertz CT molecular complexity index is 520. The van der Waals surface area contributed by atoms with E-state index in [0.29, 0.717) is 6.61 Å². The summed E-state index contributed by atoms with van der Waals surface area (Å²) < 4.78 is 31.8. The third-order valence-corrected chi connectivity index (χ3v) is 3.70. The molecule has 1 aliphatic rings. The third-order valence-electron chi connectivity index (χ3n) is 3.70. The Morgan fingerprint density at radius 2 is 1.66 bits per heavy atom. The molecule has 0 aliphatic carbocycles. The normalized spacial score (nSPS) is 17.3. The fourth-order valence-electron chi connectivity index (χ4n) is 2.54. The fraction of sp³-hybridized carbons (Fsp3) is 0.842. The molecule has 29 heavy (non-hydrogen) atoms. The van der Waals surface area contributed by atoms with Gasteiger partial charge in [0.15, 0.2) is 6.29 Å². The monoisotopic (exact) mass is 419 g/mol. The molecule has 1 N–H and O–H groups in total. The van der Waals surface area contributed by atoms with E-state index in [0.717, 1.165) is 0 Å². The summed E-state index contributed by atoms with van der Waals surface area (Å²) in [6.07, 6.45) is -1.37. The first-order valence-electron chi connectivity index (χ1n) is 9.83. The molecule has 1 fully saturated rings. The van der Waals surface area contributed by atoms with Gasteiger partial charge in [0.05, 0.1) is 33.0 Å². The maximum absolute atomic E-state index is 12.7. The molecule has 168 valence electrons. The molecule has 0 saturated carbocycles. The van der Waals surface area contributed by atoms with Gasteiger partial charge in [0, 0.05) is 13.0 Å². The largest absolute Gasteiger partial charge is 0.463 e. The second-order valence-electron chi connectivity index (χ2n) is 7.29. The molecule has 0 aromatic rings. The van der Waals surface area contributed by atoms with Gasteiger partial charge in [0.2, 0.25) is 0 Å². The van der Waals surface area contributed by atoms with Crippen molar-refractivity contribution in [1.29, 1.82) is 0 Å². The number of esters is 2. The Balaban J connectivity index is 2.86. The Labute approximate surface area is 171 Å². The first kappa shape index (κ1) is 25.1. The fourth-order valence-corrected chi connectivity index (χ4v) is 2.54. The van der Waals surface area contributed by atoms with Crippen LogP contribution in [0.3, 0.4) is 0 Å². The van der Waals surface area contributed by atoms with Crippen LogP contribution in [0.15, 0.2) is 0 Å². The lowest BCUT2D eigenvalue weighted by atomic mass is 9.97. The van der Waals surface area contributed by atoms with Crippen molar-refractivity contribution >= 4 is 18.0 Å². The number of nitrogens with one attached hydrogen (secondary N) is 1. The van der Waals surface area contributed by atoms with Gasteiger partial charge in [0.25, 0.3) is 5.60 Å². The number of alkyl carbamates (subject to hydrolysis) is 1. The number of amides is 1. The highest BCUT2D eigenvalue weighted by Crippen LogP contribution is 2.26. The molecule has 1 unspecified atom stereocenters. The summed E-state index contributed by atoms with van der Waals surface area (Å²) in [6, 6.07) is 0. The van der Waals surface area contributed by atoms with Crippen LogP contribution in [0, 0.1) is 0 Å². The zero-order valence-electron chi connectivity index (χ0n) is 17.9. The minimum atomic E-state index is -2.02. The molecular weight excluding hydrogens is 386 g/mol. The number of hydrogen-bond acceptors (Lipinski definition) is 9. The minimum Gasteiger partial charge on any atom is -0.463 e. The van der Waals surface area contributed by atoms with Crippen molar-refractivity contribution in [3.05, 3.63) is 0 Å². The van der Waals surface area contributed by atoms with Gasteiger partial charge in [-0.05, 0) is 41.0 Å². The van der Waals surface area contributed by atoms with Gasteiger partial charge >= 0.3 is 18.0 Å². The summed E-state index contributed by atoms with van der Waals surface area (Å²) >= 11 is 0. The van der Waals surface area contributed by atoms with Gasteiger partial charge in [-0.1, -0.05) is 0 Å². The van der Waals surface area contributed by atoms with Crippen molar-refractivity contribution < 1.29 is 42.8 Å². The van der Waals surface area contributed by atoms with Crippen molar-refractivity contribution in [2.45, 2.75) is 65.0 Å². The van der Waals surface area contributed by atoms with Crippen molar-refractivity contribution in [1.82, 2.24) is 5.32 Å². The van der Waals surface area contributed by atoms with Gasteiger partial charge in [-0.3, -0.25) is 0 Å². The van der Waals surface area contributed by atoms with Crippen LogP contribution >= 0.6 is 0 Å². The lowest BCUT2D eigenvalue weighted by molar-refractivity contribution is -0.263. The zero-order valence-corrected chi connectivity index (χ0v) is 17.9. The average Bonchev–Trinajstić information content (AvgIpc) is 2.64. The molecule has 1 rings (SSSR count). The highest BCUT2D eigenvalue weighted by Gasteiger charge is 2.52. The van der Waals surface area contributed by atoms with E-state index in [1.54, 1.807) is 34.6 Å². The number of hydrogen-bond donors (Lipinski definition) is 1. The smallest absolute Gasteiger partial charge is 0.407 e. The molecule has 1 saturated heterocycles. The number of carbonyl (C=O) groups is 3. The summed E-state index contributed by atoms with van der Waals surface area (Å²) in [7, 11) is 0. The first-order chi connectivity index (χ1) is 13.6. The molecule has 10 heteroatoms. The summed E-state index contributed by atoms with van der Waals surface area (Å²) in [5.74, 6) is -1.74. The SMILES string of the molecule is CCOC(=O)C(CCCNC(=O)OC(C)(C)C)(OC1COCCO1)C(=O)OCC. The van der Waals surface area contributed by atoms with Crippen LogP contribution < -0.4 is 5.32 Å². The summed E-state index contributed by atoms with van der Waals surface area (Å²) in [5, 5.41) is 2.58. The van der Waals surface area contributed by atoms with Gasteiger partial charge in [-0.15, -0.1) is 0 Å². The molecule has 1 heterocycles. The van der Waals surface area contributed by atoms with E-state index in [2.05, 4.69) is 5.32 Å². The lowest BCUT2D eigenvalue weighted by Crippen LogP contribution is -2.55. The predicted octanol–water partition coefficient (Wildman–Crippen LogP) is 1.55. The lowest BCUT2D eigenvalue weighted by Gasteiger charge is -2.34. The van der Waals surface area contributed by atoms with Crippen LogP contribution in [-0.4, -0.2) is 75.1 Å². The second-order valence-corrected chi connectivity index (χ2v) is 7.29. The molecule has 0 aromatic carbocycles. The molecular formula is C19H33NO9. The van der Waals surface area contributed by atoms with Gasteiger partial charge in [-0.2, -0.15) is 0 Å². The van der Waals surface area contributed by atoms with E-state index in [1.165, 1.54) is 0 Å². The van der Waals surface area contributed by atoms with E-state index in [-0.39, 0.29) is 45.8 Å². The van der Waals surface area contributed by atoms with Crippen LogP contribution in [0.5, 0.6) is 0 Å². The molecule has 0 aromatic heterocycles. The topological polar surface area (TPSA) is 119 Å². The Hall–Kier alpha value is -1.91. The Morgan fingerprint density at radius 1 is 1.03 bits per heavy atom. The van der Waals surface area contributed by atoms with Crippen molar-refractivity contribution in [2.75, 3.05) is 39.6 Å². The van der Waals surface area contributed by atoms with Crippen molar-refractivity contribution in [3.63, 3.8) is 0 Å². The number of carbonyl (C=O) groups excluding carboxylic acids is 3. The maximum atomic E-state index is 12.7. The highest BCUT2D eigenvalue weighted by molar-refractivity contribution is 6.03. The van der Waals surface area contributed by atoms with Gasteiger partial charge < -0.3 is 33.7 Å². The highest BCUT2D eigenvalue weighted by atomic mass is 16.7. The molecule has 1 aliphatic heterocycles. The molecule has 1 amide bonds. The van der Waals surface area contributed by atoms with Crippen LogP contribution in [0.25, 0.3) is 0 Å². The van der Waals surface area contributed by atoms with Gasteiger partial charge in [0.1, 0.15) is 5.60 Å². The third kappa shape index (κ3) is 8.55. The van der Waals surface area contributed by atoms with Crippen molar-refractivity contribution in [2.24, 2.45) is 0 Å². The van der Waals surface area contributed by atoms with E-state index < -0.39 is 35.5 Å². The van der Waals surface area contributed by atoms with Crippen LogP contribution in [0.1, 0.15) is 47.5 Å². The predicted molar refractivity (Wildman–Crippen MR) is 101 cm³/mol. The average molecular weight is 419 g/mol. The van der Waals surface area contributed by atoms with E-state index in [9.17, 15) is 14.4 Å². The standard InChI is InChI=1S/C19H33NO9/c1-6-25-15(21)19(16(22)26-7-2,28-14-13-24-11-12-27-14)9-8-10-20-17(23)29-18(3,4)5/h14H,6-13H2,1-5H3,(H,20,23). The second kappa shape index (κ2) is 11.9. The maximum Gasteiger partial charge on any atom is 0.407 e.